The van der Waals surface area contributed by atoms with Gasteiger partial charge in [0, 0.05) is 38.7 Å². The van der Waals surface area contributed by atoms with Crippen molar-refractivity contribution < 1.29 is 4.79 Å². The first kappa shape index (κ1) is 9.24. The predicted octanol–water partition coefficient (Wildman–Crippen LogP) is 0.978. The van der Waals surface area contributed by atoms with Gasteiger partial charge in [0.15, 0.2) is 0 Å². The van der Waals surface area contributed by atoms with Gasteiger partial charge in [-0.2, -0.15) is 5.10 Å². The second kappa shape index (κ2) is 3.44. The maximum atomic E-state index is 11.2. The Hall–Kier alpha value is -1.32. The van der Waals surface area contributed by atoms with Crippen LogP contribution in [0.25, 0.3) is 0 Å². The van der Waals surface area contributed by atoms with Crippen LogP contribution in [0.15, 0.2) is 12.4 Å². The molecule has 0 aromatic carbocycles. The SMILES string of the molecule is CC1CC(=O)CCN1c1cnn(C)c1. The summed E-state index contributed by atoms with van der Waals surface area (Å²) in [6, 6.07) is 0.306. The van der Waals surface area contributed by atoms with Gasteiger partial charge in [0.25, 0.3) is 0 Å². The van der Waals surface area contributed by atoms with Crippen molar-refractivity contribution in [2.24, 2.45) is 7.05 Å². The Labute approximate surface area is 83.5 Å². The number of ketones is 1. The first-order valence-corrected chi connectivity index (χ1v) is 4.94. The van der Waals surface area contributed by atoms with E-state index in [1.165, 1.54) is 0 Å². The molecular formula is C10H15N3O. The summed E-state index contributed by atoms with van der Waals surface area (Å²) < 4.78 is 1.79. The normalized spacial score (nSPS) is 22.9. The van der Waals surface area contributed by atoms with Crippen molar-refractivity contribution in [3.05, 3.63) is 12.4 Å². The Bertz CT molecular complexity index is 345. The maximum Gasteiger partial charge on any atom is 0.136 e. The highest BCUT2D eigenvalue weighted by Gasteiger charge is 2.24. The lowest BCUT2D eigenvalue weighted by molar-refractivity contribution is -0.120. The topological polar surface area (TPSA) is 38.1 Å². The minimum atomic E-state index is 0.306. The van der Waals surface area contributed by atoms with Gasteiger partial charge in [-0.1, -0.05) is 0 Å². The van der Waals surface area contributed by atoms with E-state index in [2.05, 4.69) is 16.9 Å². The largest absolute Gasteiger partial charge is 0.365 e. The summed E-state index contributed by atoms with van der Waals surface area (Å²) >= 11 is 0. The molecule has 14 heavy (non-hydrogen) atoms. The van der Waals surface area contributed by atoms with Crippen molar-refractivity contribution >= 4 is 11.5 Å². The highest BCUT2D eigenvalue weighted by molar-refractivity contribution is 5.81. The molecule has 0 radical (unpaired) electrons. The van der Waals surface area contributed by atoms with Crippen LogP contribution < -0.4 is 4.90 Å². The van der Waals surface area contributed by atoms with E-state index >= 15 is 0 Å². The maximum absolute atomic E-state index is 11.2. The predicted molar refractivity (Wildman–Crippen MR) is 54.3 cm³/mol. The van der Waals surface area contributed by atoms with Gasteiger partial charge in [-0.3, -0.25) is 9.48 Å². The molecule has 1 fully saturated rings. The third kappa shape index (κ3) is 1.64. The van der Waals surface area contributed by atoms with E-state index in [1.807, 2.05) is 19.4 Å². The van der Waals surface area contributed by atoms with Crippen molar-refractivity contribution in [1.82, 2.24) is 9.78 Å². The van der Waals surface area contributed by atoms with Gasteiger partial charge in [-0.05, 0) is 6.92 Å². The zero-order valence-corrected chi connectivity index (χ0v) is 8.60. The van der Waals surface area contributed by atoms with Crippen LogP contribution in [-0.4, -0.2) is 28.2 Å². The fourth-order valence-electron chi connectivity index (χ4n) is 1.95. The number of piperidine rings is 1. The monoisotopic (exact) mass is 193 g/mol. The molecule has 0 saturated carbocycles. The van der Waals surface area contributed by atoms with Gasteiger partial charge in [0.05, 0.1) is 11.9 Å². The zero-order valence-electron chi connectivity index (χ0n) is 8.60. The number of aromatic nitrogens is 2. The van der Waals surface area contributed by atoms with Gasteiger partial charge >= 0.3 is 0 Å². The van der Waals surface area contributed by atoms with Crippen LogP contribution in [0.1, 0.15) is 19.8 Å². The van der Waals surface area contributed by atoms with E-state index in [1.54, 1.807) is 4.68 Å². The third-order valence-corrected chi connectivity index (χ3v) is 2.71. The number of carbonyl (C=O) groups excluding carboxylic acids is 1. The van der Waals surface area contributed by atoms with Crippen LogP contribution in [0.4, 0.5) is 5.69 Å². The van der Waals surface area contributed by atoms with Crippen LogP contribution in [0.5, 0.6) is 0 Å². The van der Waals surface area contributed by atoms with E-state index in [4.69, 9.17) is 0 Å². The molecule has 4 heteroatoms. The molecule has 4 nitrogen and oxygen atoms in total. The fourth-order valence-corrected chi connectivity index (χ4v) is 1.95. The highest BCUT2D eigenvalue weighted by Crippen LogP contribution is 2.21. The highest BCUT2D eigenvalue weighted by atomic mass is 16.1. The quantitative estimate of drug-likeness (QED) is 0.667. The van der Waals surface area contributed by atoms with Crippen molar-refractivity contribution in [2.45, 2.75) is 25.8 Å². The molecular weight excluding hydrogens is 178 g/mol. The Morgan fingerprint density at radius 1 is 1.57 bits per heavy atom. The van der Waals surface area contributed by atoms with E-state index in [-0.39, 0.29) is 0 Å². The average Bonchev–Trinajstić information content (AvgIpc) is 2.51. The first-order valence-electron chi connectivity index (χ1n) is 4.94. The number of anilines is 1. The molecule has 0 bridgehead atoms. The number of hydrogen-bond donors (Lipinski definition) is 0. The second-order valence-electron chi connectivity index (χ2n) is 3.91. The number of Topliss-reactive ketones (excluding diaryl/α,β-unsaturated/α-hetero) is 1. The van der Waals surface area contributed by atoms with Gasteiger partial charge < -0.3 is 4.90 Å². The van der Waals surface area contributed by atoms with Gasteiger partial charge in [-0.15, -0.1) is 0 Å². The molecule has 76 valence electrons. The lowest BCUT2D eigenvalue weighted by atomic mass is 10.0. The molecule has 1 unspecified atom stereocenters. The third-order valence-electron chi connectivity index (χ3n) is 2.71. The molecule has 0 spiro atoms. The summed E-state index contributed by atoms with van der Waals surface area (Å²) in [6.07, 6.45) is 5.17. The summed E-state index contributed by atoms with van der Waals surface area (Å²) in [6.45, 7) is 2.91. The minimum absolute atomic E-state index is 0.306. The van der Waals surface area contributed by atoms with Crippen LogP contribution in [-0.2, 0) is 11.8 Å². The van der Waals surface area contributed by atoms with E-state index in [9.17, 15) is 4.79 Å². The Kier molecular flexibility index (Phi) is 2.27. The first-order chi connectivity index (χ1) is 6.66. The van der Waals surface area contributed by atoms with Crippen LogP contribution in [0, 0.1) is 0 Å². The van der Waals surface area contributed by atoms with Crippen molar-refractivity contribution in [2.75, 3.05) is 11.4 Å². The molecule has 2 heterocycles. The molecule has 1 aliphatic heterocycles. The van der Waals surface area contributed by atoms with Crippen molar-refractivity contribution in [3.8, 4) is 0 Å². The number of aryl methyl sites for hydroxylation is 1. The zero-order chi connectivity index (χ0) is 10.1. The molecule has 0 aliphatic carbocycles. The average molecular weight is 193 g/mol. The van der Waals surface area contributed by atoms with Gasteiger partial charge in [-0.25, -0.2) is 0 Å². The molecule has 0 amide bonds. The Balaban J connectivity index is 2.15. The van der Waals surface area contributed by atoms with E-state index in [0.29, 0.717) is 24.7 Å². The summed E-state index contributed by atoms with van der Waals surface area (Å²) in [7, 11) is 1.91. The second-order valence-corrected chi connectivity index (χ2v) is 3.91. The molecule has 1 atom stereocenters. The number of rotatable bonds is 1. The fraction of sp³-hybridized carbons (Fsp3) is 0.600. The molecule has 0 N–H and O–H groups in total. The summed E-state index contributed by atoms with van der Waals surface area (Å²) in [5, 5.41) is 4.14. The number of nitrogens with zero attached hydrogens (tertiary/aromatic N) is 3. The lowest BCUT2D eigenvalue weighted by Gasteiger charge is -2.33. The Morgan fingerprint density at radius 2 is 2.36 bits per heavy atom. The molecule has 2 rings (SSSR count). The smallest absolute Gasteiger partial charge is 0.136 e. The number of hydrogen-bond acceptors (Lipinski definition) is 3. The molecule has 1 saturated heterocycles. The molecule has 1 aromatic rings. The van der Waals surface area contributed by atoms with E-state index in [0.717, 1.165) is 12.2 Å². The minimum Gasteiger partial charge on any atom is -0.365 e. The summed E-state index contributed by atoms with van der Waals surface area (Å²) in [4.78, 5) is 13.5. The lowest BCUT2D eigenvalue weighted by Crippen LogP contribution is -2.40. The molecule has 1 aliphatic rings. The summed E-state index contributed by atoms with van der Waals surface area (Å²) in [5.74, 6) is 0.373. The standard InChI is InChI=1S/C10H15N3O/c1-8-5-10(14)3-4-13(8)9-6-11-12(2)7-9/h6-8H,3-5H2,1-2H3. The molecule has 1 aromatic heterocycles. The van der Waals surface area contributed by atoms with Crippen molar-refractivity contribution in [3.63, 3.8) is 0 Å². The van der Waals surface area contributed by atoms with Crippen LogP contribution in [0.2, 0.25) is 0 Å². The summed E-state index contributed by atoms with van der Waals surface area (Å²) in [5.41, 5.74) is 1.12. The van der Waals surface area contributed by atoms with Gasteiger partial charge in [0.1, 0.15) is 5.78 Å². The van der Waals surface area contributed by atoms with Crippen LogP contribution in [0.3, 0.4) is 0 Å². The van der Waals surface area contributed by atoms with Crippen LogP contribution >= 0.6 is 0 Å². The van der Waals surface area contributed by atoms with E-state index < -0.39 is 0 Å². The number of carbonyl (C=O) groups is 1. The van der Waals surface area contributed by atoms with Crippen molar-refractivity contribution in [1.29, 1.82) is 0 Å². The van der Waals surface area contributed by atoms with Gasteiger partial charge in [0.2, 0.25) is 0 Å². The Morgan fingerprint density at radius 3 is 2.93 bits per heavy atom.